The maximum Gasteiger partial charge on any atom is 0.418 e. The van der Waals surface area contributed by atoms with Gasteiger partial charge in [-0.1, -0.05) is 29.0 Å². The van der Waals surface area contributed by atoms with E-state index in [4.69, 9.17) is 22.4 Å². The molecule has 2 aromatic carbocycles. The molecule has 0 spiro atoms. The lowest BCUT2D eigenvalue weighted by molar-refractivity contribution is -0.136. The monoisotopic (exact) mass is 447 g/mol. The Labute approximate surface area is 172 Å². The fourth-order valence-corrected chi connectivity index (χ4v) is 3.46. The molecule has 0 bridgehead atoms. The summed E-state index contributed by atoms with van der Waals surface area (Å²) in [7, 11) is 0. The van der Waals surface area contributed by atoms with E-state index in [2.05, 4.69) is 10.3 Å². The molecule has 0 radical (unpaired) electrons. The maximum absolute atomic E-state index is 13.0. The zero-order valence-electron chi connectivity index (χ0n) is 15.0. The highest BCUT2D eigenvalue weighted by Gasteiger charge is 2.33. The number of phenols is 1. The number of hydrogen-bond acceptors (Lipinski definition) is 6. The lowest BCUT2D eigenvalue weighted by Gasteiger charge is -2.07. The van der Waals surface area contributed by atoms with Crippen LogP contribution in [0.2, 0.25) is 5.02 Å². The van der Waals surface area contributed by atoms with Crippen molar-refractivity contribution < 1.29 is 28.2 Å². The largest absolute Gasteiger partial charge is 0.507 e. The number of carbonyl (C=O) groups is 1. The number of nitrogens with one attached hydrogen (secondary N) is 1. The number of hydrogen-bond donors (Lipinski definition) is 4. The van der Waals surface area contributed by atoms with Crippen molar-refractivity contribution >= 4 is 44.2 Å². The van der Waals surface area contributed by atoms with Crippen molar-refractivity contribution in [3.63, 3.8) is 0 Å². The van der Waals surface area contributed by atoms with Crippen LogP contribution in [0.25, 0.3) is 10.2 Å². The Morgan fingerprint density at radius 1 is 1.34 bits per heavy atom. The van der Waals surface area contributed by atoms with Crippen LogP contribution >= 0.6 is 22.9 Å². The third-order valence-corrected chi connectivity index (χ3v) is 4.74. The van der Waals surface area contributed by atoms with Gasteiger partial charge in [-0.2, -0.15) is 13.2 Å². The number of thiazole rings is 1. The molecule has 0 aliphatic rings. The third-order valence-electron chi connectivity index (χ3n) is 3.58. The molecule has 0 saturated carbocycles. The maximum atomic E-state index is 13.0. The highest BCUT2D eigenvalue weighted by atomic mass is 35.5. The number of aryl methyl sites for hydroxylation is 1. The zero-order valence-corrected chi connectivity index (χ0v) is 16.6. The van der Waals surface area contributed by atoms with Crippen LogP contribution < -0.4 is 11.1 Å². The molecule has 1 aromatic heterocycles. The van der Waals surface area contributed by atoms with Crippen molar-refractivity contribution in [2.45, 2.75) is 13.1 Å². The Hall–Kier alpha value is -2.40. The van der Waals surface area contributed by atoms with Crippen LogP contribution in [0.15, 0.2) is 30.3 Å². The van der Waals surface area contributed by atoms with Gasteiger partial charge in [-0.25, -0.2) is 4.98 Å². The van der Waals surface area contributed by atoms with Crippen LogP contribution in [0.5, 0.6) is 5.75 Å². The summed E-state index contributed by atoms with van der Waals surface area (Å²) in [5, 5.41) is 20.4. The minimum absolute atomic E-state index is 0.00581. The second kappa shape index (κ2) is 9.40. The normalized spacial score (nSPS) is 11.1. The van der Waals surface area contributed by atoms with Crippen LogP contribution in [-0.2, 0) is 6.18 Å². The van der Waals surface area contributed by atoms with E-state index >= 15 is 0 Å². The minimum Gasteiger partial charge on any atom is -0.507 e. The Balaban J connectivity index is 0.000000687. The van der Waals surface area contributed by atoms with Gasteiger partial charge in [0.15, 0.2) is 5.13 Å². The summed E-state index contributed by atoms with van der Waals surface area (Å²) in [6.45, 7) is 2.05. The van der Waals surface area contributed by atoms with Gasteiger partial charge in [0.05, 0.1) is 28.0 Å². The number of fused-ring (bicyclic) bond motifs is 1. The number of phenolic OH excluding ortho intramolecular Hbond substituents is 1. The number of amides is 1. The smallest absolute Gasteiger partial charge is 0.418 e. The van der Waals surface area contributed by atoms with E-state index in [1.165, 1.54) is 24.3 Å². The van der Waals surface area contributed by atoms with Gasteiger partial charge >= 0.3 is 6.18 Å². The van der Waals surface area contributed by atoms with Crippen molar-refractivity contribution in [2.75, 3.05) is 18.5 Å². The van der Waals surface area contributed by atoms with Crippen LogP contribution in [0.1, 0.15) is 21.5 Å². The number of benzene rings is 2. The molecular weight excluding hydrogens is 431 g/mol. The molecule has 156 valence electrons. The molecule has 0 unspecified atom stereocenters. The van der Waals surface area contributed by atoms with Gasteiger partial charge in [0.25, 0.3) is 5.91 Å². The number of anilines is 1. The lowest BCUT2D eigenvalue weighted by atomic mass is 10.1. The zero-order chi connectivity index (χ0) is 21.8. The minimum atomic E-state index is -4.54. The van der Waals surface area contributed by atoms with Crippen molar-refractivity contribution in [1.82, 2.24) is 4.98 Å². The van der Waals surface area contributed by atoms with Gasteiger partial charge in [-0.15, -0.1) is 0 Å². The number of alkyl halides is 3. The van der Waals surface area contributed by atoms with Crippen LogP contribution in [0, 0.1) is 6.92 Å². The quantitative estimate of drug-likeness (QED) is 0.482. The number of aromatic nitrogens is 1. The Morgan fingerprint density at radius 2 is 2.00 bits per heavy atom. The van der Waals surface area contributed by atoms with Gasteiger partial charge in [0.1, 0.15) is 5.75 Å². The molecule has 11 heteroatoms. The number of aliphatic hydroxyl groups is 1. The topological polar surface area (TPSA) is 108 Å². The second-order valence-corrected chi connectivity index (χ2v) is 7.22. The number of halogens is 4. The average molecular weight is 448 g/mol. The summed E-state index contributed by atoms with van der Waals surface area (Å²) >= 11 is 6.78. The molecule has 0 saturated heterocycles. The van der Waals surface area contributed by atoms with Crippen LogP contribution in [0.3, 0.4) is 0 Å². The first-order valence-corrected chi connectivity index (χ1v) is 9.36. The summed E-state index contributed by atoms with van der Waals surface area (Å²) in [5.41, 5.74) is 3.99. The van der Waals surface area contributed by atoms with Crippen molar-refractivity contribution in [3.05, 3.63) is 52.0 Å². The predicted octanol–water partition coefficient (Wildman–Crippen LogP) is 4.17. The molecule has 0 aliphatic carbocycles. The number of aliphatic hydroxyl groups excluding tert-OH is 1. The molecule has 1 heterocycles. The Kier molecular flexibility index (Phi) is 7.42. The average Bonchev–Trinajstić information content (AvgIpc) is 3.06. The molecular formula is C18H17ClF3N3O3S. The molecule has 0 atom stereocenters. The molecule has 0 aliphatic heterocycles. The van der Waals surface area contributed by atoms with Gasteiger partial charge in [0, 0.05) is 11.6 Å². The van der Waals surface area contributed by atoms with Crippen molar-refractivity contribution in [2.24, 2.45) is 5.73 Å². The molecule has 0 fully saturated rings. The standard InChI is InChI=1S/C16H10ClF3N2O2S.C2H7NO/c1-7-5-8(17)6-9(13(7)23)14(24)22-15-21-12-10(16(18,19)20)3-2-4-11(12)25-15;3-1-2-4/h2-6,23H,1H3,(H,21,22,24);4H,1-3H2. The van der Waals surface area contributed by atoms with Gasteiger partial charge < -0.3 is 15.9 Å². The number of aromatic hydroxyl groups is 1. The van der Waals surface area contributed by atoms with Gasteiger partial charge in [-0.05, 0) is 36.8 Å². The number of nitrogens with zero attached hydrogens (tertiary/aromatic N) is 1. The van der Waals surface area contributed by atoms with Crippen LogP contribution in [-0.4, -0.2) is 34.3 Å². The van der Waals surface area contributed by atoms with E-state index in [1.54, 1.807) is 6.92 Å². The highest BCUT2D eigenvalue weighted by Crippen LogP contribution is 2.37. The number of nitrogens with two attached hydrogens (primary N) is 1. The second-order valence-electron chi connectivity index (χ2n) is 5.75. The molecule has 6 nitrogen and oxygen atoms in total. The Bertz CT molecular complexity index is 1020. The molecule has 29 heavy (non-hydrogen) atoms. The molecule has 5 N–H and O–H groups in total. The SMILES string of the molecule is Cc1cc(Cl)cc(C(=O)Nc2nc3c(C(F)(F)F)cccc3s2)c1O.NCCO. The van der Waals surface area contributed by atoms with E-state index in [0.29, 0.717) is 12.1 Å². The first-order chi connectivity index (χ1) is 13.6. The summed E-state index contributed by atoms with van der Waals surface area (Å²) < 4.78 is 39.4. The van der Waals surface area contributed by atoms with Gasteiger partial charge in [-0.3, -0.25) is 10.1 Å². The summed E-state index contributed by atoms with van der Waals surface area (Å²) in [6.07, 6.45) is -4.54. The summed E-state index contributed by atoms with van der Waals surface area (Å²) in [6, 6.07) is 6.45. The van der Waals surface area contributed by atoms with Crippen LogP contribution in [0.4, 0.5) is 18.3 Å². The third kappa shape index (κ3) is 5.57. The molecule has 3 rings (SSSR count). The lowest BCUT2D eigenvalue weighted by Crippen LogP contribution is -2.12. The fraction of sp³-hybridized carbons (Fsp3) is 0.222. The summed E-state index contributed by atoms with van der Waals surface area (Å²) in [4.78, 5) is 16.2. The van der Waals surface area contributed by atoms with Crippen molar-refractivity contribution in [1.29, 1.82) is 0 Å². The molecule has 1 amide bonds. The first-order valence-electron chi connectivity index (χ1n) is 8.16. The van der Waals surface area contributed by atoms with E-state index in [1.807, 2.05) is 0 Å². The van der Waals surface area contributed by atoms with E-state index in [0.717, 1.165) is 17.4 Å². The highest BCUT2D eigenvalue weighted by molar-refractivity contribution is 7.22. The fourth-order valence-electron chi connectivity index (χ4n) is 2.30. The van der Waals surface area contributed by atoms with E-state index < -0.39 is 17.6 Å². The van der Waals surface area contributed by atoms with E-state index in [9.17, 15) is 23.1 Å². The first kappa shape index (κ1) is 22.9. The number of para-hydroxylation sites is 1. The Morgan fingerprint density at radius 3 is 2.59 bits per heavy atom. The number of rotatable bonds is 3. The summed E-state index contributed by atoms with van der Waals surface area (Å²) in [5.74, 6) is -0.963. The number of carbonyl (C=O) groups excluding carboxylic acids is 1. The van der Waals surface area contributed by atoms with E-state index in [-0.39, 0.29) is 38.3 Å². The predicted molar refractivity (Wildman–Crippen MR) is 107 cm³/mol. The molecule has 3 aromatic rings. The van der Waals surface area contributed by atoms with Gasteiger partial charge in [0.2, 0.25) is 0 Å². The van der Waals surface area contributed by atoms with Crippen molar-refractivity contribution in [3.8, 4) is 5.75 Å².